The molecule has 15 heavy (non-hydrogen) atoms. The minimum atomic E-state index is -0.429. The lowest BCUT2D eigenvalue weighted by Gasteiger charge is -2.50. The highest BCUT2D eigenvalue weighted by atomic mass is 16.6. The summed E-state index contributed by atoms with van der Waals surface area (Å²) in [6.45, 7) is 10.9. The molecule has 1 rings (SSSR count). The molecule has 0 aromatic rings. The second-order valence-corrected chi connectivity index (χ2v) is 5.72. The molecule has 0 aromatic carbocycles. The SMILES string of the molecule is CC(C)C1(N)CN(C(=O)OC(C)(C)C)C1. The van der Waals surface area contributed by atoms with Crippen molar-refractivity contribution in [1.29, 1.82) is 0 Å². The monoisotopic (exact) mass is 214 g/mol. The van der Waals surface area contributed by atoms with E-state index in [2.05, 4.69) is 13.8 Å². The van der Waals surface area contributed by atoms with Crippen molar-refractivity contribution in [3.63, 3.8) is 0 Å². The number of nitrogens with two attached hydrogens (primary N) is 1. The minimum Gasteiger partial charge on any atom is -0.444 e. The van der Waals surface area contributed by atoms with E-state index in [1.54, 1.807) is 4.90 Å². The van der Waals surface area contributed by atoms with Crippen LogP contribution < -0.4 is 5.73 Å². The molecule has 0 unspecified atom stereocenters. The second kappa shape index (κ2) is 3.67. The van der Waals surface area contributed by atoms with Gasteiger partial charge in [0.2, 0.25) is 0 Å². The van der Waals surface area contributed by atoms with E-state index in [0.29, 0.717) is 19.0 Å². The molecule has 1 heterocycles. The van der Waals surface area contributed by atoms with Gasteiger partial charge in [-0.25, -0.2) is 4.79 Å². The Hall–Kier alpha value is -0.770. The van der Waals surface area contributed by atoms with E-state index < -0.39 is 5.60 Å². The van der Waals surface area contributed by atoms with Crippen LogP contribution in [0.4, 0.5) is 4.79 Å². The molecule has 0 aliphatic carbocycles. The Morgan fingerprint density at radius 3 is 2.20 bits per heavy atom. The molecule has 0 aromatic heterocycles. The van der Waals surface area contributed by atoms with Gasteiger partial charge < -0.3 is 15.4 Å². The molecule has 1 fully saturated rings. The Labute approximate surface area is 91.8 Å². The molecular weight excluding hydrogens is 192 g/mol. The summed E-state index contributed by atoms with van der Waals surface area (Å²) >= 11 is 0. The standard InChI is InChI=1S/C11H22N2O2/c1-8(2)11(12)6-13(7-11)9(14)15-10(3,4)5/h8H,6-7,12H2,1-5H3. The molecule has 1 aliphatic heterocycles. The normalized spacial score (nSPS) is 20.1. The van der Waals surface area contributed by atoms with Crippen molar-refractivity contribution in [3.8, 4) is 0 Å². The van der Waals surface area contributed by atoms with Crippen LogP contribution in [0, 0.1) is 5.92 Å². The number of carbonyl (C=O) groups excluding carboxylic acids is 1. The fraction of sp³-hybridized carbons (Fsp3) is 0.909. The van der Waals surface area contributed by atoms with Crippen molar-refractivity contribution in [2.45, 2.75) is 45.8 Å². The highest BCUT2D eigenvalue weighted by molar-refractivity contribution is 5.69. The lowest BCUT2D eigenvalue weighted by molar-refractivity contribution is -0.0174. The summed E-state index contributed by atoms with van der Waals surface area (Å²) in [7, 11) is 0. The third-order valence-corrected chi connectivity index (χ3v) is 2.77. The summed E-state index contributed by atoms with van der Waals surface area (Å²) in [6.07, 6.45) is -0.260. The van der Waals surface area contributed by atoms with Gasteiger partial charge in [-0.05, 0) is 26.7 Å². The molecule has 4 heteroatoms. The van der Waals surface area contributed by atoms with Gasteiger partial charge in [-0.15, -0.1) is 0 Å². The average molecular weight is 214 g/mol. The fourth-order valence-corrected chi connectivity index (χ4v) is 1.49. The van der Waals surface area contributed by atoms with Crippen molar-refractivity contribution < 1.29 is 9.53 Å². The summed E-state index contributed by atoms with van der Waals surface area (Å²) in [5.74, 6) is 0.385. The topological polar surface area (TPSA) is 55.6 Å². The van der Waals surface area contributed by atoms with Crippen LogP contribution in [0.15, 0.2) is 0 Å². The maximum atomic E-state index is 11.6. The molecule has 0 saturated carbocycles. The summed E-state index contributed by atoms with van der Waals surface area (Å²) in [6, 6.07) is 0. The van der Waals surface area contributed by atoms with E-state index >= 15 is 0 Å². The number of rotatable bonds is 1. The number of likely N-dealkylation sites (tertiary alicyclic amines) is 1. The van der Waals surface area contributed by atoms with Crippen molar-refractivity contribution in [2.24, 2.45) is 11.7 Å². The predicted molar refractivity (Wildman–Crippen MR) is 59.6 cm³/mol. The van der Waals surface area contributed by atoms with E-state index in [-0.39, 0.29) is 11.6 Å². The maximum Gasteiger partial charge on any atom is 0.410 e. The van der Waals surface area contributed by atoms with Gasteiger partial charge in [-0.2, -0.15) is 0 Å². The Balaban J connectivity index is 2.42. The minimum absolute atomic E-state index is 0.225. The number of carbonyl (C=O) groups is 1. The van der Waals surface area contributed by atoms with Crippen molar-refractivity contribution in [2.75, 3.05) is 13.1 Å². The van der Waals surface area contributed by atoms with Gasteiger partial charge >= 0.3 is 6.09 Å². The number of hydrogen-bond donors (Lipinski definition) is 1. The van der Waals surface area contributed by atoms with Gasteiger partial charge in [0.05, 0.1) is 5.54 Å². The highest BCUT2D eigenvalue weighted by Crippen LogP contribution is 2.27. The third-order valence-electron chi connectivity index (χ3n) is 2.77. The number of nitrogens with zero attached hydrogens (tertiary/aromatic N) is 1. The summed E-state index contributed by atoms with van der Waals surface area (Å²) < 4.78 is 5.25. The zero-order valence-corrected chi connectivity index (χ0v) is 10.3. The number of hydrogen-bond acceptors (Lipinski definition) is 3. The Morgan fingerprint density at radius 2 is 1.87 bits per heavy atom. The van der Waals surface area contributed by atoms with E-state index in [1.807, 2.05) is 20.8 Å². The molecule has 1 amide bonds. The first-order valence-corrected chi connectivity index (χ1v) is 5.41. The van der Waals surface area contributed by atoms with Gasteiger partial charge in [0, 0.05) is 13.1 Å². The lowest BCUT2D eigenvalue weighted by Crippen LogP contribution is -2.71. The molecule has 0 spiro atoms. The molecule has 1 saturated heterocycles. The van der Waals surface area contributed by atoms with Gasteiger partial charge in [-0.1, -0.05) is 13.8 Å². The third kappa shape index (κ3) is 2.84. The van der Waals surface area contributed by atoms with Crippen molar-refractivity contribution in [1.82, 2.24) is 4.90 Å². The first kappa shape index (κ1) is 12.3. The molecule has 4 nitrogen and oxygen atoms in total. The van der Waals surface area contributed by atoms with Crippen molar-refractivity contribution in [3.05, 3.63) is 0 Å². The summed E-state index contributed by atoms with van der Waals surface area (Å²) in [4.78, 5) is 13.3. The highest BCUT2D eigenvalue weighted by Gasteiger charge is 2.45. The van der Waals surface area contributed by atoms with E-state index in [0.717, 1.165) is 0 Å². The van der Waals surface area contributed by atoms with Crippen molar-refractivity contribution >= 4 is 6.09 Å². The van der Waals surface area contributed by atoms with E-state index in [1.165, 1.54) is 0 Å². The summed E-state index contributed by atoms with van der Waals surface area (Å²) in [5, 5.41) is 0. The van der Waals surface area contributed by atoms with Crippen LogP contribution >= 0.6 is 0 Å². The van der Waals surface area contributed by atoms with E-state index in [4.69, 9.17) is 10.5 Å². The predicted octanol–water partition coefficient (Wildman–Crippen LogP) is 1.59. The molecule has 0 atom stereocenters. The summed E-state index contributed by atoms with van der Waals surface area (Å²) in [5.41, 5.74) is 5.43. The fourth-order valence-electron chi connectivity index (χ4n) is 1.49. The molecule has 0 bridgehead atoms. The molecule has 0 radical (unpaired) electrons. The van der Waals surface area contributed by atoms with Crippen LogP contribution in [0.3, 0.4) is 0 Å². The number of amides is 1. The average Bonchev–Trinajstić information content (AvgIpc) is 1.94. The molecular formula is C11H22N2O2. The zero-order valence-electron chi connectivity index (χ0n) is 10.3. The first-order valence-electron chi connectivity index (χ1n) is 5.41. The quantitative estimate of drug-likeness (QED) is 0.721. The number of ether oxygens (including phenoxy) is 1. The van der Waals surface area contributed by atoms with Crippen LogP contribution in [-0.4, -0.2) is 35.2 Å². The Kier molecular flexibility index (Phi) is 3.01. The van der Waals surface area contributed by atoms with Crippen LogP contribution in [0.25, 0.3) is 0 Å². The molecule has 88 valence electrons. The lowest BCUT2D eigenvalue weighted by atomic mass is 9.80. The largest absolute Gasteiger partial charge is 0.444 e. The second-order valence-electron chi connectivity index (χ2n) is 5.72. The van der Waals surface area contributed by atoms with Crippen LogP contribution in [0.1, 0.15) is 34.6 Å². The first-order chi connectivity index (χ1) is 6.64. The zero-order chi connectivity index (χ0) is 11.9. The molecule has 1 aliphatic rings. The van der Waals surface area contributed by atoms with Crippen LogP contribution in [-0.2, 0) is 4.74 Å². The Morgan fingerprint density at radius 1 is 1.40 bits per heavy atom. The smallest absolute Gasteiger partial charge is 0.410 e. The van der Waals surface area contributed by atoms with Gasteiger partial charge in [0.15, 0.2) is 0 Å². The van der Waals surface area contributed by atoms with Gasteiger partial charge in [-0.3, -0.25) is 0 Å². The van der Waals surface area contributed by atoms with E-state index in [9.17, 15) is 4.79 Å². The Bertz CT molecular complexity index is 250. The van der Waals surface area contributed by atoms with Crippen LogP contribution in [0.5, 0.6) is 0 Å². The van der Waals surface area contributed by atoms with Gasteiger partial charge in [0.25, 0.3) is 0 Å². The maximum absolute atomic E-state index is 11.6. The van der Waals surface area contributed by atoms with Gasteiger partial charge in [0.1, 0.15) is 5.60 Å². The van der Waals surface area contributed by atoms with Crippen LogP contribution in [0.2, 0.25) is 0 Å². The molecule has 2 N–H and O–H groups in total.